The highest BCUT2D eigenvalue weighted by Crippen LogP contribution is 2.21. The molecular formula is C24H25N3O2. The minimum Gasteiger partial charge on any atom is -0.379 e. The van der Waals surface area contributed by atoms with Gasteiger partial charge in [-0.2, -0.15) is 0 Å². The number of pyridine rings is 1. The van der Waals surface area contributed by atoms with Crippen LogP contribution in [0.5, 0.6) is 0 Å². The van der Waals surface area contributed by atoms with Crippen LogP contribution in [0.1, 0.15) is 5.56 Å². The van der Waals surface area contributed by atoms with E-state index < -0.39 is 0 Å². The SMILES string of the molecule is O=C(Nc1ccc(-c2ccncc2)cc1)[C@H](Cc1ccccc1)N1CCOCC1. The number of benzene rings is 2. The number of anilines is 1. The normalized spacial score (nSPS) is 15.6. The number of nitrogens with zero attached hydrogens (tertiary/aromatic N) is 2. The predicted molar refractivity (Wildman–Crippen MR) is 115 cm³/mol. The molecule has 148 valence electrons. The summed E-state index contributed by atoms with van der Waals surface area (Å²) in [6.07, 6.45) is 4.24. The van der Waals surface area contributed by atoms with E-state index in [4.69, 9.17) is 4.74 Å². The Balaban J connectivity index is 1.48. The van der Waals surface area contributed by atoms with Crippen molar-refractivity contribution >= 4 is 11.6 Å². The molecule has 1 aliphatic heterocycles. The van der Waals surface area contributed by atoms with Crippen molar-refractivity contribution in [3.63, 3.8) is 0 Å². The summed E-state index contributed by atoms with van der Waals surface area (Å²) in [6.45, 7) is 2.87. The standard InChI is InChI=1S/C24H25N3O2/c28-24(26-22-8-6-20(7-9-22)21-10-12-25-13-11-21)23(27-14-16-29-17-15-27)18-19-4-2-1-3-5-19/h1-13,23H,14-18H2,(H,26,28)/t23-/m0/s1. The first-order valence-corrected chi connectivity index (χ1v) is 9.97. The molecule has 4 rings (SSSR count). The summed E-state index contributed by atoms with van der Waals surface area (Å²) in [6, 6.07) is 21.8. The van der Waals surface area contributed by atoms with Crippen molar-refractivity contribution in [1.29, 1.82) is 0 Å². The largest absolute Gasteiger partial charge is 0.379 e. The third kappa shape index (κ3) is 5.08. The van der Waals surface area contributed by atoms with Crippen LogP contribution in [0.3, 0.4) is 0 Å². The van der Waals surface area contributed by atoms with Crippen molar-refractivity contribution < 1.29 is 9.53 Å². The van der Waals surface area contributed by atoms with Gasteiger partial charge < -0.3 is 10.1 Å². The number of morpholine rings is 1. The van der Waals surface area contributed by atoms with E-state index >= 15 is 0 Å². The van der Waals surface area contributed by atoms with Crippen LogP contribution < -0.4 is 5.32 Å². The summed E-state index contributed by atoms with van der Waals surface area (Å²) in [5.74, 6) is 0.0208. The number of carbonyl (C=O) groups excluding carboxylic acids is 1. The van der Waals surface area contributed by atoms with E-state index in [1.54, 1.807) is 12.4 Å². The third-order valence-corrected chi connectivity index (χ3v) is 5.23. The first-order valence-electron chi connectivity index (χ1n) is 9.97. The molecule has 5 heteroatoms. The first-order chi connectivity index (χ1) is 14.3. The minimum absolute atomic E-state index is 0.0208. The zero-order valence-electron chi connectivity index (χ0n) is 16.3. The molecule has 1 atom stereocenters. The number of amides is 1. The highest BCUT2D eigenvalue weighted by atomic mass is 16.5. The van der Waals surface area contributed by atoms with Gasteiger partial charge in [-0.15, -0.1) is 0 Å². The fourth-order valence-electron chi connectivity index (χ4n) is 3.63. The lowest BCUT2D eigenvalue weighted by molar-refractivity contribution is -0.123. The summed E-state index contributed by atoms with van der Waals surface area (Å²) in [5.41, 5.74) is 4.17. The van der Waals surface area contributed by atoms with Crippen LogP contribution in [0.4, 0.5) is 5.69 Å². The Morgan fingerprint density at radius 2 is 1.59 bits per heavy atom. The molecule has 1 saturated heterocycles. The second-order valence-electron chi connectivity index (χ2n) is 7.16. The molecule has 0 unspecified atom stereocenters. The van der Waals surface area contributed by atoms with Crippen molar-refractivity contribution in [1.82, 2.24) is 9.88 Å². The summed E-state index contributed by atoms with van der Waals surface area (Å²) in [7, 11) is 0. The average Bonchev–Trinajstić information content (AvgIpc) is 2.80. The zero-order valence-corrected chi connectivity index (χ0v) is 16.3. The average molecular weight is 387 g/mol. The molecule has 2 aromatic carbocycles. The Morgan fingerprint density at radius 1 is 0.931 bits per heavy atom. The Kier molecular flexibility index (Phi) is 6.29. The van der Waals surface area contributed by atoms with E-state index in [0.717, 1.165) is 35.5 Å². The quantitative estimate of drug-likeness (QED) is 0.702. The van der Waals surface area contributed by atoms with Crippen molar-refractivity contribution in [2.45, 2.75) is 12.5 Å². The molecule has 1 N–H and O–H groups in total. The number of nitrogens with one attached hydrogen (secondary N) is 1. The summed E-state index contributed by atoms with van der Waals surface area (Å²) in [5, 5.41) is 3.10. The Labute approximate surface area is 171 Å². The molecule has 0 spiro atoms. The lowest BCUT2D eigenvalue weighted by Gasteiger charge is -2.33. The van der Waals surface area contributed by atoms with Crippen molar-refractivity contribution in [2.75, 3.05) is 31.6 Å². The lowest BCUT2D eigenvalue weighted by Crippen LogP contribution is -2.50. The van der Waals surface area contributed by atoms with E-state index in [9.17, 15) is 4.79 Å². The molecule has 1 aromatic heterocycles. The highest BCUT2D eigenvalue weighted by molar-refractivity contribution is 5.95. The Morgan fingerprint density at radius 3 is 2.28 bits per heavy atom. The second kappa shape index (κ2) is 9.45. The third-order valence-electron chi connectivity index (χ3n) is 5.23. The van der Waals surface area contributed by atoms with Crippen LogP contribution >= 0.6 is 0 Å². The Hall–Kier alpha value is -3.02. The van der Waals surface area contributed by atoms with Gasteiger partial charge in [-0.1, -0.05) is 42.5 Å². The number of hydrogen-bond donors (Lipinski definition) is 1. The fourth-order valence-corrected chi connectivity index (χ4v) is 3.63. The fraction of sp³-hybridized carbons (Fsp3) is 0.250. The summed E-state index contributed by atoms with van der Waals surface area (Å²) < 4.78 is 5.48. The maximum Gasteiger partial charge on any atom is 0.242 e. The van der Waals surface area contributed by atoms with Crippen LogP contribution in [-0.2, 0) is 16.0 Å². The van der Waals surface area contributed by atoms with Crippen LogP contribution in [-0.4, -0.2) is 48.1 Å². The number of hydrogen-bond acceptors (Lipinski definition) is 4. The first kappa shape index (κ1) is 19.3. The van der Waals surface area contributed by atoms with Gasteiger partial charge in [0.2, 0.25) is 5.91 Å². The molecule has 29 heavy (non-hydrogen) atoms. The minimum atomic E-state index is -0.221. The molecule has 3 aromatic rings. The van der Waals surface area contributed by atoms with E-state index in [-0.39, 0.29) is 11.9 Å². The predicted octanol–water partition coefficient (Wildman–Crippen LogP) is 3.63. The topological polar surface area (TPSA) is 54.5 Å². The van der Waals surface area contributed by atoms with Crippen LogP contribution in [0.25, 0.3) is 11.1 Å². The van der Waals surface area contributed by atoms with Gasteiger partial charge >= 0.3 is 0 Å². The number of rotatable bonds is 6. The molecule has 1 amide bonds. The van der Waals surface area contributed by atoms with Gasteiger partial charge in [0.05, 0.1) is 19.3 Å². The molecule has 0 radical (unpaired) electrons. The molecule has 1 aliphatic rings. The molecular weight excluding hydrogens is 362 g/mol. The van der Waals surface area contributed by atoms with Gasteiger partial charge in [-0.05, 0) is 47.4 Å². The van der Waals surface area contributed by atoms with E-state index in [1.807, 2.05) is 54.6 Å². The van der Waals surface area contributed by atoms with Gasteiger partial charge in [-0.3, -0.25) is 14.7 Å². The van der Waals surface area contributed by atoms with Gasteiger partial charge in [0.15, 0.2) is 0 Å². The molecule has 0 saturated carbocycles. The number of ether oxygens (including phenoxy) is 1. The summed E-state index contributed by atoms with van der Waals surface area (Å²) >= 11 is 0. The Bertz CT molecular complexity index is 908. The molecule has 1 fully saturated rings. The second-order valence-corrected chi connectivity index (χ2v) is 7.16. The molecule has 5 nitrogen and oxygen atoms in total. The van der Waals surface area contributed by atoms with E-state index in [1.165, 1.54) is 0 Å². The van der Waals surface area contributed by atoms with Crippen LogP contribution in [0.15, 0.2) is 79.1 Å². The van der Waals surface area contributed by atoms with Crippen molar-refractivity contribution in [3.05, 3.63) is 84.7 Å². The lowest BCUT2D eigenvalue weighted by atomic mass is 10.0. The van der Waals surface area contributed by atoms with Crippen LogP contribution in [0, 0.1) is 0 Å². The van der Waals surface area contributed by atoms with Gasteiger partial charge in [0, 0.05) is 31.2 Å². The van der Waals surface area contributed by atoms with E-state index in [0.29, 0.717) is 19.6 Å². The van der Waals surface area contributed by atoms with Crippen molar-refractivity contribution in [2.24, 2.45) is 0 Å². The zero-order chi connectivity index (χ0) is 19.9. The molecule has 0 bridgehead atoms. The monoisotopic (exact) mass is 387 g/mol. The maximum atomic E-state index is 13.2. The molecule has 0 aliphatic carbocycles. The van der Waals surface area contributed by atoms with Gasteiger partial charge in [-0.25, -0.2) is 0 Å². The van der Waals surface area contributed by atoms with Gasteiger partial charge in [0.25, 0.3) is 0 Å². The maximum absolute atomic E-state index is 13.2. The van der Waals surface area contributed by atoms with E-state index in [2.05, 4.69) is 27.3 Å². The number of aromatic nitrogens is 1. The summed E-state index contributed by atoms with van der Waals surface area (Å²) in [4.78, 5) is 19.4. The van der Waals surface area contributed by atoms with Gasteiger partial charge in [0.1, 0.15) is 0 Å². The molecule has 2 heterocycles. The van der Waals surface area contributed by atoms with Crippen molar-refractivity contribution in [3.8, 4) is 11.1 Å². The van der Waals surface area contributed by atoms with Crippen LogP contribution in [0.2, 0.25) is 0 Å². The smallest absolute Gasteiger partial charge is 0.242 e. The highest BCUT2D eigenvalue weighted by Gasteiger charge is 2.27. The number of carbonyl (C=O) groups is 1.